The van der Waals surface area contributed by atoms with Crippen LogP contribution in [0.3, 0.4) is 0 Å². The summed E-state index contributed by atoms with van der Waals surface area (Å²) in [6.45, 7) is 1.68. The molecular formula is C23H22Cl2FNO2. The first kappa shape index (κ1) is 21.4. The van der Waals surface area contributed by atoms with Crippen molar-refractivity contribution in [3.8, 4) is 11.5 Å². The van der Waals surface area contributed by atoms with E-state index in [0.29, 0.717) is 53.2 Å². The van der Waals surface area contributed by atoms with Gasteiger partial charge in [0.25, 0.3) is 0 Å². The van der Waals surface area contributed by atoms with Crippen LogP contribution in [0.5, 0.6) is 11.5 Å². The van der Waals surface area contributed by atoms with Crippen LogP contribution in [0.15, 0.2) is 60.7 Å². The number of benzene rings is 3. The quantitative estimate of drug-likeness (QED) is 0.416. The highest BCUT2D eigenvalue weighted by Crippen LogP contribution is 2.29. The summed E-state index contributed by atoms with van der Waals surface area (Å²) in [5.41, 5.74) is 2.68. The molecule has 29 heavy (non-hydrogen) atoms. The Morgan fingerprint density at radius 3 is 2.45 bits per heavy atom. The molecule has 0 saturated heterocycles. The lowest BCUT2D eigenvalue weighted by Crippen LogP contribution is -2.17. The van der Waals surface area contributed by atoms with Gasteiger partial charge in [-0.15, -0.1) is 0 Å². The van der Waals surface area contributed by atoms with Crippen LogP contribution in [0.4, 0.5) is 4.39 Å². The summed E-state index contributed by atoms with van der Waals surface area (Å²) in [5, 5.41) is 4.34. The van der Waals surface area contributed by atoms with Crippen molar-refractivity contribution in [2.45, 2.75) is 19.6 Å². The van der Waals surface area contributed by atoms with Gasteiger partial charge >= 0.3 is 0 Å². The van der Waals surface area contributed by atoms with Crippen molar-refractivity contribution < 1.29 is 13.9 Å². The molecule has 1 N–H and O–H groups in total. The zero-order valence-corrected chi connectivity index (χ0v) is 17.6. The molecule has 3 aromatic rings. The number of hydrogen-bond donors (Lipinski definition) is 1. The third kappa shape index (κ3) is 6.10. The van der Waals surface area contributed by atoms with Gasteiger partial charge in [0.15, 0.2) is 11.5 Å². The molecular weight excluding hydrogens is 412 g/mol. The van der Waals surface area contributed by atoms with Crippen molar-refractivity contribution in [3.05, 3.63) is 93.2 Å². The third-order valence-electron chi connectivity index (χ3n) is 4.46. The highest BCUT2D eigenvalue weighted by Gasteiger charge is 2.08. The van der Waals surface area contributed by atoms with E-state index in [-0.39, 0.29) is 5.82 Å². The van der Waals surface area contributed by atoms with Crippen LogP contribution in [0.1, 0.15) is 16.7 Å². The summed E-state index contributed by atoms with van der Waals surface area (Å²) >= 11 is 12.0. The third-order valence-corrected chi connectivity index (χ3v) is 5.20. The summed E-state index contributed by atoms with van der Waals surface area (Å²) in [5.74, 6) is 1.13. The van der Waals surface area contributed by atoms with Crippen molar-refractivity contribution in [3.63, 3.8) is 0 Å². The number of ether oxygens (including phenoxy) is 2. The van der Waals surface area contributed by atoms with Crippen molar-refractivity contribution >= 4 is 23.2 Å². The molecule has 3 rings (SSSR count). The van der Waals surface area contributed by atoms with Crippen LogP contribution < -0.4 is 14.8 Å². The monoisotopic (exact) mass is 433 g/mol. The second-order valence-corrected chi connectivity index (χ2v) is 7.35. The van der Waals surface area contributed by atoms with Gasteiger partial charge in [0.1, 0.15) is 12.4 Å². The normalized spacial score (nSPS) is 10.8. The minimum atomic E-state index is -0.167. The minimum Gasteiger partial charge on any atom is -0.493 e. The predicted molar refractivity (Wildman–Crippen MR) is 116 cm³/mol. The molecule has 0 unspecified atom stereocenters. The van der Waals surface area contributed by atoms with Gasteiger partial charge < -0.3 is 14.8 Å². The van der Waals surface area contributed by atoms with E-state index in [1.165, 1.54) is 6.07 Å². The Labute approximate surface area is 180 Å². The van der Waals surface area contributed by atoms with Gasteiger partial charge in [0.05, 0.1) is 17.2 Å². The molecule has 0 aliphatic rings. The molecule has 0 saturated carbocycles. The molecule has 0 aromatic heterocycles. The fourth-order valence-electron chi connectivity index (χ4n) is 2.89. The van der Waals surface area contributed by atoms with Crippen LogP contribution in [0.25, 0.3) is 0 Å². The number of halogens is 3. The molecule has 0 spiro atoms. The predicted octanol–water partition coefficient (Wildman–Crippen LogP) is 6.05. The largest absolute Gasteiger partial charge is 0.493 e. The molecule has 0 amide bonds. The van der Waals surface area contributed by atoms with Gasteiger partial charge in [-0.3, -0.25) is 0 Å². The molecule has 0 aliphatic heterocycles. The van der Waals surface area contributed by atoms with E-state index in [4.69, 9.17) is 32.7 Å². The van der Waals surface area contributed by atoms with E-state index in [9.17, 15) is 4.39 Å². The highest BCUT2D eigenvalue weighted by atomic mass is 35.5. The molecule has 0 aliphatic carbocycles. The first-order valence-electron chi connectivity index (χ1n) is 9.24. The van der Waals surface area contributed by atoms with E-state index >= 15 is 0 Å². The average Bonchev–Trinajstić information content (AvgIpc) is 2.73. The Kier molecular flexibility index (Phi) is 7.76. The van der Waals surface area contributed by atoms with E-state index in [1.54, 1.807) is 31.4 Å². The van der Waals surface area contributed by atoms with Crippen LogP contribution in [-0.2, 0) is 19.6 Å². The number of rotatable bonds is 9. The lowest BCUT2D eigenvalue weighted by Gasteiger charge is -2.13. The van der Waals surface area contributed by atoms with Gasteiger partial charge in [-0.05, 0) is 60.0 Å². The summed E-state index contributed by atoms with van der Waals surface area (Å²) < 4.78 is 25.0. The molecule has 152 valence electrons. The Morgan fingerprint density at radius 2 is 1.69 bits per heavy atom. The lowest BCUT2D eigenvalue weighted by atomic mass is 10.1. The molecule has 0 fully saturated rings. The molecule has 0 radical (unpaired) electrons. The van der Waals surface area contributed by atoms with Crippen LogP contribution in [0.2, 0.25) is 10.0 Å². The van der Waals surface area contributed by atoms with E-state index in [1.807, 2.05) is 30.3 Å². The Balaban J connectivity index is 1.54. The standard InChI is InChI=1S/C23H22Cl2FNO2/c1-28-23-13-16(14-27-11-10-18-4-2-3-5-21(18)26)7-9-22(23)29-15-17-6-8-19(24)20(25)12-17/h2-9,12-13,27H,10-11,14-15H2,1H3. The zero-order chi connectivity index (χ0) is 20.6. The summed E-state index contributed by atoms with van der Waals surface area (Å²) in [6.07, 6.45) is 0.634. The Bertz CT molecular complexity index is 965. The van der Waals surface area contributed by atoms with Gasteiger partial charge in [-0.25, -0.2) is 4.39 Å². The topological polar surface area (TPSA) is 30.5 Å². The van der Waals surface area contributed by atoms with Crippen molar-refractivity contribution in [2.24, 2.45) is 0 Å². The first-order chi connectivity index (χ1) is 14.1. The minimum absolute atomic E-state index is 0.167. The first-order valence-corrected chi connectivity index (χ1v) is 10.00. The van der Waals surface area contributed by atoms with Crippen molar-refractivity contribution in [1.29, 1.82) is 0 Å². The SMILES string of the molecule is COc1cc(CNCCc2ccccc2F)ccc1OCc1ccc(Cl)c(Cl)c1. The lowest BCUT2D eigenvalue weighted by molar-refractivity contribution is 0.284. The van der Waals surface area contributed by atoms with E-state index in [0.717, 1.165) is 11.1 Å². The molecule has 3 aromatic carbocycles. The fourth-order valence-corrected chi connectivity index (χ4v) is 3.21. The van der Waals surface area contributed by atoms with Crippen molar-refractivity contribution in [1.82, 2.24) is 5.32 Å². The average molecular weight is 434 g/mol. The molecule has 3 nitrogen and oxygen atoms in total. The number of methoxy groups -OCH3 is 1. The van der Waals surface area contributed by atoms with Crippen LogP contribution >= 0.6 is 23.2 Å². The van der Waals surface area contributed by atoms with E-state index in [2.05, 4.69) is 5.32 Å². The maximum absolute atomic E-state index is 13.6. The smallest absolute Gasteiger partial charge is 0.161 e. The Morgan fingerprint density at radius 1 is 0.897 bits per heavy atom. The maximum Gasteiger partial charge on any atom is 0.161 e. The second kappa shape index (κ2) is 10.5. The number of nitrogens with one attached hydrogen (secondary N) is 1. The van der Waals surface area contributed by atoms with Gasteiger partial charge in [-0.1, -0.05) is 53.5 Å². The molecule has 6 heteroatoms. The van der Waals surface area contributed by atoms with Gasteiger partial charge in [0, 0.05) is 6.54 Å². The fraction of sp³-hybridized carbons (Fsp3) is 0.217. The zero-order valence-electron chi connectivity index (χ0n) is 16.1. The number of hydrogen-bond acceptors (Lipinski definition) is 3. The molecule has 0 atom stereocenters. The molecule has 0 bridgehead atoms. The van der Waals surface area contributed by atoms with Crippen molar-refractivity contribution in [2.75, 3.05) is 13.7 Å². The maximum atomic E-state index is 13.6. The van der Waals surface area contributed by atoms with Crippen LogP contribution in [-0.4, -0.2) is 13.7 Å². The summed E-state index contributed by atoms with van der Waals surface area (Å²) in [4.78, 5) is 0. The summed E-state index contributed by atoms with van der Waals surface area (Å²) in [6, 6.07) is 18.0. The highest BCUT2D eigenvalue weighted by molar-refractivity contribution is 6.42. The summed E-state index contributed by atoms with van der Waals surface area (Å²) in [7, 11) is 1.61. The second-order valence-electron chi connectivity index (χ2n) is 6.54. The Hall–Kier alpha value is -2.27. The van der Waals surface area contributed by atoms with Crippen LogP contribution in [0, 0.1) is 5.82 Å². The molecule has 0 heterocycles. The van der Waals surface area contributed by atoms with Gasteiger partial charge in [0.2, 0.25) is 0 Å². The van der Waals surface area contributed by atoms with Gasteiger partial charge in [-0.2, -0.15) is 0 Å². The van der Waals surface area contributed by atoms with E-state index < -0.39 is 0 Å².